The maximum atomic E-state index is 13.1. The number of nitrogens with zero attached hydrogens (tertiary/aromatic N) is 1. The zero-order chi connectivity index (χ0) is 15.9. The monoisotopic (exact) mass is 433 g/mol. The highest BCUT2D eigenvalue weighted by molar-refractivity contribution is 14.0. The van der Waals surface area contributed by atoms with E-state index in [1.54, 1.807) is 13.2 Å². The Hall–Kier alpha value is -1.90. The highest BCUT2D eigenvalue weighted by Crippen LogP contribution is 2.22. The number of halogens is 3. The van der Waals surface area contributed by atoms with E-state index in [2.05, 4.69) is 10.3 Å². The van der Waals surface area contributed by atoms with Gasteiger partial charge in [-0.05, 0) is 36.2 Å². The number of methoxy groups -OCH3 is 1. The summed E-state index contributed by atoms with van der Waals surface area (Å²) in [7, 11) is 1.56. The number of anilines is 1. The molecule has 0 saturated heterocycles. The minimum absolute atomic E-state index is 0. The van der Waals surface area contributed by atoms with Crippen LogP contribution in [0.4, 0.5) is 14.5 Å². The molecule has 23 heavy (non-hydrogen) atoms. The number of hydrogen-bond acceptors (Lipinski definition) is 2. The molecule has 0 aliphatic heterocycles. The molecule has 2 aromatic carbocycles. The lowest BCUT2D eigenvalue weighted by Gasteiger charge is -2.10. The zero-order valence-corrected chi connectivity index (χ0v) is 14.9. The lowest BCUT2D eigenvalue weighted by atomic mass is 10.1. The number of aliphatic imine (C=N–C) groups is 1. The lowest BCUT2D eigenvalue weighted by molar-refractivity contribution is 0.417. The van der Waals surface area contributed by atoms with E-state index in [4.69, 9.17) is 10.5 Å². The topological polar surface area (TPSA) is 59.6 Å². The highest BCUT2D eigenvalue weighted by atomic mass is 127. The van der Waals surface area contributed by atoms with Gasteiger partial charge in [0.2, 0.25) is 0 Å². The molecule has 3 N–H and O–H groups in total. The van der Waals surface area contributed by atoms with Crippen molar-refractivity contribution >= 4 is 35.6 Å². The van der Waals surface area contributed by atoms with E-state index in [1.807, 2.05) is 18.2 Å². The van der Waals surface area contributed by atoms with Gasteiger partial charge in [-0.15, -0.1) is 24.0 Å². The fourth-order valence-electron chi connectivity index (χ4n) is 1.99. The van der Waals surface area contributed by atoms with Gasteiger partial charge in [-0.1, -0.05) is 12.1 Å². The molecule has 0 amide bonds. The number of hydrogen-bond donors (Lipinski definition) is 2. The van der Waals surface area contributed by atoms with E-state index in [9.17, 15) is 8.78 Å². The fourth-order valence-corrected chi connectivity index (χ4v) is 1.99. The molecule has 124 valence electrons. The number of para-hydroxylation sites is 2. The summed E-state index contributed by atoms with van der Waals surface area (Å²) < 4.78 is 31.3. The van der Waals surface area contributed by atoms with Gasteiger partial charge in [0, 0.05) is 12.6 Å². The van der Waals surface area contributed by atoms with Crippen LogP contribution in [0, 0.1) is 11.6 Å². The summed E-state index contributed by atoms with van der Waals surface area (Å²) in [6.45, 7) is 0.316. The third-order valence-corrected chi connectivity index (χ3v) is 2.97. The van der Waals surface area contributed by atoms with Crippen LogP contribution in [0.3, 0.4) is 0 Å². The SMILES string of the molecule is COc1ccccc1NC(N)=NCCc1cc(F)cc(F)c1.I. The van der Waals surface area contributed by atoms with Crippen LogP contribution < -0.4 is 15.8 Å². The molecule has 0 bridgehead atoms. The zero-order valence-electron chi connectivity index (χ0n) is 12.6. The maximum absolute atomic E-state index is 13.1. The fraction of sp³-hybridized carbons (Fsp3) is 0.188. The van der Waals surface area contributed by atoms with Crippen LogP contribution >= 0.6 is 24.0 Å². The van der Waals surface area contributed by atoms with Crippen LogP contribution in [0.5, 0.6) is 5.75 Å². The number of nitrogens with two attached hydrogens (primary N) is 1. The first-order valence-corrected chi connectivity index (χ1v) is 6.73. The van der Waals surface area contributed by atoms with E-state index in [1.165, 1.54) is 12.1 Å². The Morgan fingerprint density at radius 3 is 2.48 bits per heavy atom. The average Bonchev–Trinajstić information content (AvgIpc) is 2.46. The molecular weight excluding hydrogens is 415 g/mol. The molecule has 0 aliphatic rings. The molecule has 4 nitrogen and oxygen atoms in total. The van der Waals surface area contributed by atoms with Gasteiger partial charge in [0.25, 0.3) is 0 Å². The molecule has 7 heteroatoms. The number of benzene rings is 2. The van der Waals surface area contributed by atoms with Crippen LogP contribution in [0.2, 0.25) is 0 Å². The average molecular weight is 433 g/mol. The summed E-state index contributed by atoms with van der Waals surface area (Å²) in [4.78, 5) is 4.13. The van der Waals surface area contributed by atoms with Crippen molar-refractivity contribution in [2.75, 3.05) is 19.0 Å². The Morgan fingerprint density at radius 2 is 1.83 bits per heavy atom. The van der Waals surface area contributed by atoms with Crippen LogP contribution in [0.15, 0.2) is 47.5 Å². The van der Waals surface area contributed by atoms with E-state index >= 15 is 0 Å². The van der Waals surface area contributed by atoms with Crippen LogP contribution in [0.1, 0.15) is 5.56 Å². The Morgan fingerprint density at radius 1 is 1.17 bits per heavy atom. The Bertz CT molecular complexity index is 660. The van der Waals surface area contributed by atoms with E-state index in [0.29, 0.717) is 30.0 Å². The minimum atomic E-state index is -0.598. The van der Waals surface area contributed by atoms with Crippen molar-refractivity contribution in [2.24, 2.45) is 10.7 Å². The van der Waals surface area contributed by atoms with Gasteiger partial charge in [0.05, 0.1) is 12.8 Å². The van der Waals surface area contributed by atoms with Crippen molar-refractivity contribution in [3.05, 3.63) is 59.7 Å². The maximum Gasteiger partial charge on any atom is 0.193 e. The largest absolute Gasteiger partial charge is 0.495 e. The van der Waals surface area contributed by atoms with Gasteiger partial charge < -0.3 is 15.8 Å². The first-order valence-electron chi connectivity index (χ1n) is 6.73. The van der Waals surface area contributed by atoms with Crippen molar-refractivity contribution in [1.82, 2.24) is 0 Å². The second-order valence-corrected chi connectivity index (χ2v) is 4.62. The molecule has 0 aromatic heterocycles. The summed E-state index contributed by atoms with van der Waals surface area (Å²) >= 11 is 0. The lowest BCUT2D eigenvalue weighted by Crippen LogP contribution is -2.23. The summed E-state index contributed by atoms with van der Waals surface area (Å²) in [5.74, 6) is -0.340. The molecule has 0 fully saturated rings. The third-order valence-electron chi connectivity index (χ3n) is 2.97. The smallest absolute Gasteiger partial charge is 0.193 e. The molecule has 0 unspecified atom stereocenters. The van der Waals surface area contributed by atoms with Crippen molar-refractivity contribution in [2.45, 2.75) is 6.42 Å². The van der Waals surface area contributed by atoms with Crippen LogP contribution in [0.25, 0.3) is 0 Å². The van der Waals surface area contributed by atoms with Crippen molar-refractivity contribution in [1.29, 1.82) is 0 Å². The molecule has 0 saturated carbocycles. The standard InChI is InChI=1S/C16H17F2N3O.HI/c1-22-15-5-3-2-4-14(15)21-16(19)20-7-6-11-8-12(17)10-13(18)9-11;/h2-5,8-10H,6-7H2,1H3,(H3,19,20,21);1H. The van der Waals surface area contributed by atoms with E-state index in [0.717, 1.165) is 6.07 Å². The second-order valence-electron chi connectivity index (χ2n) is 4.62. The predicted octanol–water partition coefficient (Wildman–Crippen LogP) is 3.56. The highest BCUT2D eigenvalue weighted by Gasteiger charge is 2.03. The van der Waals surface area contributed by atoms with E-state index < -0.39 is 11.6 Å². The summed E-state index contributed by atoms with van der Waals surface area (Å²) in [6.07, 6.45) is 0.392. The van der Waals surface area contributed by atoms with E-state index in [-0.39, 0.29) is 29.9 Å². The normalized spacial score (nSPS) is 10.8. The molecule has 2 rings (SSSR count). The number of nitrogens with one attached hydrogen (secondary N) is 1. The summed E-state index contributed by atoms with van der Waals surface area (Å²) in [6, 6.07) is 10.7. The third kappa shape index (κ3) is 6.01. The number of rotatable bonds is 5. The molecule has 0 aliphatic carbocycles. The molecule has 0 radical (unpaired) electrons. The predicted molar refractivity (Wildman–Crippen MR) is 98.6 cm³/mol. The second kappa shape index (κ2) is 9.29. The van der Waals surface area contributed by atoms with Gasteiger partial charge in [-0.25, -0.2) is 8.78 Å². The van der Waals surface area contributed by atoms with Crippen molar-refractivity contribution in [3.63, 3.8) is 0 Å². The molecular formula is C16H18F2IN3O. The van der Waals surface area contributed by atoms with Gasteiger partial charge in [0.1, 0.15) is 17.4 Å². The van der Waals surface area contributed by atoms with Gasteiger partial charge >= 0.3 is 0 Å². The molecule has 0 spiro atoms. The molecule has 0 heterocycles. The Labute approximate surface area is 150 Å². The first-order chi connectivity index (χ1) is 10.6. The van der Waals surface area contributed by atoms with Gasteiger partial charge in [-0.2, -0.15) is 0 Å². The molecule has 0 atom stereocenters. The minimum Gasteiger partial charge on any atom is -0.495 e. The summed E-state index contributed by atoms with van der Waals surface area (Å²) in [5.41, 5.74) is 7.02. The van der Waals surface area contributed by atoms with Gasteiger partial charge in [0.15, 0.2) is 5.96 Å². The molecule has 2 aromatic rings. The van der Waals surface area contributed by atoms with Crippen LogP contribution in [-0.2, 0) is 6.42 Å². The quantitative estimate of drug-likeness (QED) is 0.431. The Balaban J connectivity index is 0.00000264. The first kappa shape index (κ1) is 19.1. The van der Waals surface area contributed by atoms with Gasteiger partial charge in [-0.3, -0.25) is 4.99 Å². The number of ether oxygens (including phenoxy) is 1. The number of guanidine groups is 1. The van der Waals surface area contributed by atoms with Crippen molar-refractivity contribution < 1.29 is 13.5 Å². The Kier molecular flexibility index (Phi) is 7.73. The van der Waals surface area contributed by atoms with Crippen molar-refractivity contribution in [3.8, 4) is 5.75 Å². The van der Waals surface area contributed by atoms with Crippen LogP contribution in [-0.4, -0.2) is 19.6 Å². The summed E-state index contributed by atoms with van der Waals surface area (Å²) in [5, 5.41) is 2.93.